The molecule has 35 heavy (non-hydrogen) atoms. The average molecular weight is 486 g/mol. The topological polar surface area (TPSA) is 85.4 Å². The van der Waals surface area contributed by atoms with Gasteiger partial charge in [0, 0.05) is 45.4 Å². The normalized spacial score (nSPS) is 27.1. The molecule has 1 aromatic rings. The number of nitrogens with one attached hydrogen (secondary N) is 1. The predicted octanol–water partition coefficient (Wildman–Crippen LogP) is 1.49. The van der Waals surface area contributed by atoms with Crippen molar-refractivity contribution in [1.82, 2.24) is 24.9 Å². The maximum absolute atomic E-state index is 13.6. The van der Waals surface area contributed by atoms with E-state index < -0.39 is 0 Å². The molecule has 0 unspecified atom stereocenters. The van der Waals surface area contributed by atoms with E-state index in [1.165, 1.54) is 5.56 Å². The number of amides is 4. The van der Waals surface area contributed by atoms with E-state index in [1.54, 1.807) is 16.9 Å². The average Bonchev–Trinajstić information content (AvgIpc) is 3.10. The van der Waals surface area contributed by atoms with Crippen molar-refractivity contribution >= 4 is 17.8 Å². The predicted molar refractivity (Wildman–Crippen MR) is 133 cm³/mol. The Bertz CT molecular complexity index is 914. The summed E-state index contributed by atoms with van der Waals surface area (Å²) in [5.74, 6) is -0.312. The van der Waals surface area contributed by atoms with E-state index in [1.807, 2.05) is 11.0 Å². The first-order valence-corrected chi connectivity index (χ1v) is 12.6. The molecule has 1 saturated carbocycles. The van der Waals surface area contributed by atoms with E-state index in [9.17, 15) is 14.4 Å². The number of piperazine rings is 1. The van der Waals surface area contributed by atoms with Crippen molar-refractivity contribution in [3.05, 3.63) is 35.9 Å². The molecule has 1 aromatic carbocycles. The van der Waals surface area contributed by atoms with E-state index in [-0.39, 0.29) is 42.0 Å². The highest BCUT2D eigenvalue weighted by Gasteiger charge is 2.54. The summed E-state index contributed by atoms with van der Waals surface area (Å²) >= 11 is 0. The van der Waals surface area contributed by atoms with Crippen LogP contribution in [-0.4, -0.2) is 110 Å². The van der Waals surface area contributed by atoms with Crippen LogP contribution in [0.5, 0.6) is 0 Å². The summed E-state index contributed by atoms with van der Waals surface area (Å²) in [6, 6.07) is 10.6. The van der Waals surface area contributed by atoms with Crippen LogP contribution in [0.1, 0.15) is 37.7 Å². The minimum Gasteiger partial charge on any atom is -0.385 e. The Kier molecular flexibility index (Phi) is 7.66. The summed E-state index contributed by atoms with van der Waals surface area (Å²) in [6.07, 6.45) is 4.37. The number of hydrogen-bond donors (Lipinski definition) is 1. The second kappa shape index (κ2) is 10.5. The molecule has 3 fully saturated rings. The molecular formula is C26H39N5O4. The minimum atomic E-state index is -0.293. The Morgan fingerprint density at radius 2 is 1.83 bits per heavy atom. The van der Waals surface area contributed by atoms with Crippen molar-refractivity contribution in [2.75, 3.05) is 67.1 Å². The molecule has 1 aliphatic carbocycles. The highest BCUT2D eigenvalue weighted by molar-refractivity contribution is 5.89. The van der Waals surface area contributed by atoms with Crippen LogP contribution in [0.15, 0.2) is 30.3 Å². The maximum Gasteiger partial charge on any atom is 0.321 e. The number of ether oxygens (including phenoxy) is 1. The first-order valence-electron chi connectivity index (χ1n) is 12.6. The van der Waals surface area contributed by atoms with Crippen molar-refractivity contribution in [3.8, 4) is 0 Å². The van der Waals surface area contributed by atoms with E-state index in [4.69, 9.17) is 4.74 Å². The van der Waals surface area contributed by atoms with Crippen LogP contribution >= 0.6 is 0 Å². The summed E-state index contributed by atoms with van der Waals surface area (Å²) in [5.41, 5.74) is 0.946. The van der Waals surface area contributed by atoms with Gasteiger partial charge in [-0.15, -0.1) is 0 Å². The van der Waals surface area contributed by atoms with Gasteiger partial charge in [-0.1, -0.05) is 30.3 Å². The molecule has 1 spiro atoms. The van der Waals surface area contributed by atoms with Gasteiger partial charge in [0.25, 0.3) is 0 Å². The number of nitrogens with zero attached hydrogens (tertiary/aromatic N) is 4. The fraction of sp³-hybridized carbons (Fsp3) is 0.654. The largest absolute Gasteiger partial charge is 0.385 e. The first-order chi connectivity index (χ1) is 16.8. The van der Waals surface area contributed by atoms with Crippen LogP contribution in [-0.2, 0) is 19.9 Å². The molecule has 2 heterocycles. The number of carbonyl (C=O) groups excluding carboxylic acids is 3. The number of urea groups is 1. The zero-order valence-electron chi connectivity index (χ0n) is 21.3. The molecule has 2 saturated heterocycles. The van der Waals surface area contributed by atoms with Crippen molar-refractivity contribution in [1.29, 1.82) is 0 Å². The fourth-order valence-corrected chi connectivity index (χ4v) is 6.12. The second-order valence-electron chi connectivity index (χ2n) is 10.3. The molecule has 0 radical (unpaired) electrons. The Hall–Kier alpha value is -2.65. The van der Waals surface area contributed by atoms with Gasteiger partial charge in [0.2, 0.25) is 11.8 Å². The molecule has 4 rings (SSSR count). The lowest BCUT2D eigenvalue weighted by Crippen LogP contribution is -2.55. The number of rotatable bonds is 8. The molecule has 0 aromatic heterocycles. The van der Waals surface area contributed by atoms with Crippen LogP contribution in [0.25, 0.3) is 0 Å². The number of methoxy groups -OCH3 is 1. The summed E-state index contributed by atoms with van der Waals surface area (Å²) in [6.45, 7) is 2.77. The van der Waals surface area contributed by atoms with Crippen molar-refractivity contribution < 1.29 is 19.1 Å². The third kappa shape index (κ3) is 5.02. The standard InChI is InChI=1S/C26H39N5O4/c1-28(2)26(21-8-5-4-6-9-21)12-10-25(11-13-26)20-30(24(34)31(25)15-7-17-35-3)19-23(33)29-16-14-27-22(32)18-29/h4-6,8-9H,7,10-20H2,1-3H3,(H,27,32)/t25-,26+. The Balaban J connectivity index is 1.52. The molecule has 0 bridgehead atoms. The zero-order valence-corrected chi connectivity index (χ0v) is 21.3. The Labute approximate surface area is 208 Å². The van der Waals surface area contributed by atoms with Crippen LogP contribution < -0.4 is 5.32 Å². The molecule has 192 valence electrons. The van der Waals surface area contributed by atoms with E-state index in [0.29, 0.717) is 32.8 Å². The second-order valence-corrected chi connectivity index (χ2v) is 10.3. The highest BCUT2D eigenvalue weighted by atomic mass is 16.5. The van der Waals surface area contributed by atoms with Gasteiger partial charge in [0.05, 0.1) is 12.1 Å². The highest BCUT2D eigenvalue weighted by Crippen LogP contribution is 2.48. The summed E-state index contributed by atoms with van der Waals surface area (Å²) in [5, 5.41) is 2.74. The maximum atomic E-state index is 13.6. The summed E-state index contributed by atoms with van der Waals surface area (Å²) in [7, 11) is 5.95. The third-order valence-corrected chi connectivity index (χ3v) is 8.18. The molecule has 4 amide bonds. The molecule has 3 aliphatic rings. The summed E-state index contributed by atoms with van der Waals surface area (Å²) < 4.78 is 5.26. The fourth-order valence-electron chi connectivity index (χ4n) is 6.12. The van der Waals surface area contributed by atoms with Gasteiger partial charge in [-0.2, -0.15) is 0 Å². The molecular weight excluding hydrogens is 446 g/mol. The van der Waals surface area contributed by atoms with Crippen molar-refractivity contribution in [2.24, 2.45) is 0 Å². The quantitative estimate of drug-likeness (QED) is 0.564. The minimum absolute atomic E-state index is 0.0200. The smallest absolute Gasteiger partial charge is 0.321 e. The van der Waals surface area contributed by atoms with Gasteiger partial charge in [-0.3, -0.25) is 14.5 Å². The van der Waals surface area contributed by atoms with Gasteiger partial charge >= 0.3 is 6.03 Å². The first kappa shape index (κ1) is 25.4. The number of carbonyl (C=O) groups is 3. The van der Waals surface area contributed by atoms with E-state index >= 15 is 0 Å². The van der Waals surface area contributed by atoms with Crippen molar-refractivity contribution in [3.63, 3.8) is 0 Å². The molecule has 9 nitrogen and oxygen atoms in total. The monoisotopic (exact) mass is 485 g/mol. The van der Waals surface area contributed by atoms with Gasteiger partial charge in [-0.25, -0.2) is 4.79 Å². The third-order valence-electron chi connectivity index (χ3n) is 8.18. The van der Waals surface area contributed by atoms with Crippen LogP contribution in [0, 0.1) is 0 Å². The summed E-state index contributed by atoms with van der Waals surface area (Å²) in [4.78, 5) is 45.9. The van der Waals surface area contributed by atoms with Gasteiger partial charge < -0.3 is 24.8 Å². The van der Waals surface area contributed by atoms with Crippen LogP contribution in [0.2, 0.25) is 0 Å². The van der Waals surface area contributed by atoms with Gasteiger partial charge in [0.15, 0.2) is 0 Å². The molecule has 0 atom stereocenters. The molecule has 2 aliphatic heterocycles. The van der Waals surface area contributed by atoms with Gasteiger partial charge in [-0.05, 0) is 51.8 Å². The lowest BCUT2D eigenvalue weighted by molar-refractivity contribution is -0.138. The van der Waals surface area contributed by atoms with E-state index in [2.05, 4.69) is 48.6 Å². The number of benzene rings is 1. The van der Waals surface area contributed by atoms with Crippen LogP contribution in [0.4, 0.5) is 4.79 Å². The van der Waals surface area contributed by atoms with Crippen molar-refractivity contribution in [2.45, 2.75) is 43.2 Å². The zero-order chi connectivity index (χ0) is 25.1. The number of hydrogen-bond acceptors (Lipinski definition) is 5. The Morgan fingerprint density at radius 1 is 1.11 bits per heavy atom. The lowest BCUT2D eigenvalue weighted by atomic mass is 9.68. The van der Waals surface area contributed by atoms with Gasteiger partial charge in [0.1, 0.15) is 6.54 Å². The molecule has 9 heteroatoms. The van der Waals surface area contributed by atoms with Crippen LogP contribution in [0.3, 0.4) is 0 Å². The van der Waals surface area contributed by atoms with E-state index in [0.717, 1.165) is 32.1 Å². The lowest BCUT2D eigenvalue weighted by Gasteiger charge is -2.51. The Morgan fingerprint density at radius 3 is 2.46 bits per heavy atom. The molecule has 1 N–H and O–H groups in total. The SMILES string of the molecule is COCCCN1C(=O)N(CC(=O)N2CCNC(=O)C2)C[C@]12CC[C@](c1ccccc1)(N(C)C)CC2.